The number of aromatic hydroxyl groups is 1. The van der Waals surface area contributed by atoms with Gasteiger partial charge in [-0.1, -0.05) is 12.8 Å². The summed E-state index contributed by atoms with van der Waals surface area (Å²) in [5.41, 5.74) is 6.88. The van der Waals surface area contributed by atoms with Crippen molar-refractivity contribution in [3.05, 3.63) is 23.8 Å². The third-order valence-corrected chi connectivity index (χ3v) is 3.83. The Bertz CT molecular complexity index is 402. The van der Waals surface area contributed by atoms with Crippen LogP contribution in [0.15, 0.2) is 18.2 Å². The summed E-state index contributed by atoms with van der Waals surface area (Å²) < 4.78 is 5.21. The van der Waals surface area contributed by atoms with Crippen molar-refractivity contribution in [2.45, 2.75) is 37.8 Å². The van der Waals surface area contributed by atoms with Crippen molar-refractivity contribution in [3.63, 3.8) is 0 Å². The minimum atomic E-state index is -0.550. The second-order valence-electron chi connectivity index (χ2n) is 4.99. The van der Waals surface area contributed by atoms with Gasteiger partial charge >= 0.3 is 0 Å². The highest BCUT2D eigenvalue weighted by atomic mass is 16.5. The summed E-state index contributed by atoms with van der Waals surface area (Å²) in [7, 11) is 1.53. The molecule has 1 fully saturated rings. The van der Waals surface area contributed by atoms with Gasteiger partial charge in [-0.05, 0) is 30.9 Å². The van der Waals surface area contributed by atoms with Gasteiger partial charge in [-0.2, -0.15) is 0 Å². The van der Waals surface area contributed by atoms with Crippen LogP contribution in [-0.4, -0.2) is 23.4 Å². The molecule has 0 spiro atoms. The van der Waals surface area contributed by atoms with Gasteiger partial charge in [0.15, 0.2) is 0 Å². The van der Waals surface area contributed by atoms with E-state index in [1.165, 1.54) is 26.0 Å². The van der Waals surface area contributed by atoms with Crippen LogP contribution in [0.25, 0.3) is 0 Å². The average Bonchev–Trinajstić information content (AvgIpc) is 2.90. The summed E-state index contributed by atoms with van der Waals surface area (Å²) in [5.74, 6) is 0.941. The molecule has 1 aliphatic rings. The summed E-state index contributed by atoms with van der Waals surface area (Å²) >= 11 is 0. The molecule has 0 unspecified atom stereocenters. The fourth-order valence-corrected chi connectivity index (χ4v) is 2.75. The number of benzene rings is 1. The summed E-state index contributed by atoms with van der Waals surface area (Å²) in [4.78, 5) is 0. The second-order valence-corrected chi connectivity index (χ2v) is 4.99. The zero-order chi connectivity index (χ0) is 13.1. The van der Waals surface area contributed by atoms with Gasteiger partial charge in [0.05, 0.1) is 19.3 Å². The molecule has 0 aromatic heterocycles. The number of rotatable bonds is 4. The minimum absolute atomic E-state index is 0.137. The van der Waals surface area contributed by atoms with Crippen LogP contribution in [0, 0.1) is 5.92 Å². The topological polar surface area (TPSA) is 75.7 Å². The third-order valence-electron chi connectivity index (χ3n) is 3.83. The number of aliphatic hydroxyl groups is 1. The van der Waals surface area contributed by atoms with Crippen LogP contribution in [0.5, 0.6) is 11.5 Å². The number of methoxy groups -OCH3 is 1. The van der Waals surface area contributed by atoms with Gasteiger partial charge < -0.3 is 20.7 Å². The van der Waals surface area contributed by atoms with E-state index in [0.717, 1.165) is 18.4 Å². The van der Waals surface area contributed by atoms with E-state index in [1.54, 1.807) is 12.1 Å². The number of hydrogen-bond donors (Lipinski definition) is 3. The molecule has 100 valence electrons. The third kappa shape index (κ3) is 2.60. The molecule has 2 atom stereocenters. The Morgan fingerprint density at radius 3 is 2.61 bits per heavy atom. The van der Waals surface area contributed by atoms with Crippen LogP contribution in [0.2, 0.25) is 0 Å². The van der Waals surface area contributed by atoms with Crippen LogP contribution in [-0.2, 0) is 0 Å². The summed E-state index contributed by atoms with van der Waals surface area (Å²) in [6, 6.07) is 4.34. The van der Waals surface area contributed by atoms with Crippen molar-refractivity contribution in [1.82, 2.24) is 0 Å². The lowest BCUT2D eigenvalue weighted by molar-refractivity contribution is 0.0836. The smallest absolute Gasteiger partial charge is 0.127 e. The molecule has 0 heterocycles. The normalized spacial score (nSPS) is 19.7. The van der Waals surface area contributed by atoms with Gasteiger partial charge in [0.1, 0.15) is 11.5 Å². The van der Waals surface area contributed by atoms with Crippen molar-refractivity contribution >= 4 is 0 Å². The zero-order valence-corrected chi connectivity index (χ0v) is 10.7. The first-order chi connectivity index (χ1) is 8.63. The quantitative estimate of drug-likeness (QED) is 0.764. The Hall–Kier alpha value is -1.26. The molecule has 1 saturated carbocycles. The lowest BCUT2D eigenvalue weighted by Crippen LogP contribution is -2.32. The van der Waals surface area contributed by atoms with Crippen molar-refractivity contribution in [2.24, 2.45) is 11.7 Å². The number of hydrogen-bond acceptors (Lipinski definition) is 4. The molecule has 0 radical (unpaired) electrons. The number of phenolic OH excluding ortho intramolecular Hbond substituents is 1. The van der Waals surface area contributed by atoms with Crippen molar-refractivity contribution in [3.8, 4) is 11.5 Å². The fourth-order valence-electron chi connectivity index (χ4n) is 2.75. The largest absolute Gasteiger partial charge is 0.508 e. The molecule has 1 aromatic rings. The predicted octanol–water partition coefficient (Wildman–Crippen LogP) is 1.95. The Balaban J connectivity index is 2.19. The van der Waals surface area contributed by atoms with Crippen molar-refractivity contribution in [1.29, 1.82) is 0 Å². The Morgan fingerprint density at radius 1 is 1.33 bits per heavy atom. The number of aliphatic hydroxyl groups excluding tert-OH is 1. The van der Waals surface area contributed by atoms with Gasteiger partial charge in [-0.3, -0.25) is 0 Å². The molecule has 2 rings (SSSR count). The van der Waals surface area contributed by atoms with E-state index in [4.69, 9.17) is 10.5 Å². The van der Waals surface area contributed by atoms with Gasteiger partial charge in [0.2, 0.25) is 0 Å². The Kier molecular flexibility index (Phi) is 4.09. The molecule has 1 aliphatic carbocycles. The first-order valence-corrected chi connectivity index (χ1v) is 6.44. The molecule has 0 aliphatic heterocycles. The predicted molar refractivity (Wildman–Crippen MR) is 69.6 cm³/mol. The molecule has 0 saturated heterocycles. The van der Waals surface area contributed by atoms with Crippen molar-refractivity contribution in [2.75, 3.05) is 7.11 Å². The highest BCUT2D eigenvalue weighted by molar-refractivity contribution is 5.42. The first kappa shape index (κ1) is 13.2. The lowest BCUT2D eigenvalue weighted by Gasteiger charge is -2.25. The standard InChI is InChI=1S/C14H21NO3/c1-18-12-8-10(16)6-7-11(12)13(15)14(17)9-4-2-3-5-9/h6-9,13-14,16-17H,2-5,15H2,1H3/t13-,14+/m1/s1. The van der Waals surface area contributed by atoms with Crippen LogP contribution in [0.4, 0.5) is 0 Å². The molecule has 0 amide bonds. The van der Waals surface area contributed by atoms with Crippen LogP contribution in [0.3, 0.4) is 0 Å². The van der Waals surface area contributed by atoms with Crippen molar-refractivity contribution < 1.29 is 14.9 Å². The minimum Gasteiger partial charge on any atom is -0.508 e. The molecular weight excluding hydrogens is 230 g/mol. The molecule has 4 N–H and O–H groups in total. The highest BCUT2D eigenvalue weighted by Crippen LogP contribution is 2.36. The average molecular weight is 251 g/mol. The van der Waals surface area contributed by atoms with Crippen LogP contribution < -0.4 is 10.5 Å². The molecule has 4 heteroatoms. The van der Waals surface area contributed by atoms with E-state index in [-0.39, 0.29) is 11.7 Å². The zero-order valence-electron chi connectivity index (χ0n) is 10.7. The SMILES string of the molecule is COc1cc(O)ccc1[C@@H](N)[C@@H](O)C1CCCC1. The number of phenols is 1. The van der Waals surface area contributed by atoms with Crippen LogP contribution >= 0.6 is 0 Å². The molecular formula is C14H21NO3. The van der Waals surface area contributed by atoms with E-state index in [9.17, 15) is 10.2 Å². The summed E-state index contributed by atoms with van der Waals surface area (Å²) in [5, 5.41) is 19.7. The van der Waals surface area contributed by atoms with Gasteiger partial charge in [-0.15, -0.1) is 0 Å². The van der Waals surface area contributed by atoms with E-state index >= 15 is 0 Å². The molecule has 0 bridgehead atoms. The second kappa shape index (κ2) is 5.59. The van der Waals surface area contributed by atoms with Gasteiger partial charge in [-0.25, -0.2) is 0 Å². The van der Waals surface area contributed by atoms with Gasteiger partial charge in [0, 0.05) is 11.6 Å². The highest BCUT2D eigenvalue weighted by Gasteiger charge is 2.30. The molecule has 1 aromatic carbocycles. The fraction of sp³-hybridized carbons (Fsp3) is 0.571. The Labute approximate surface area is 107 Å². The van der Waals surface area contributed by atoms with Crippen LogP contribution in [0.1, 0.15) is 37.3 Å². The molecule has 18 heavy (non-hydrogen) atoms. The van der Waals surface area contributed by atoms with E-state index in [1.807, 2.05) is 0 Å². The maximum Gasteiger partial charge on any atom is 0.127 e. The lowest BCUT2D eigenvalue weighted by atomic mass is 9.90. The summed E-state index contributed by atoms with van der Waals surface area (Å²) in [6.45, 7) is 0. The molecule has 4 nitrogen and oxygen atoms in total. The Morgan fingerprint density at radius 2 is 2.00 bits per heavy atom. The monoisotopic (exact) mass is 251 g/mol. The first-order valence-electron chi connectivity index (χ1n) is 6.44. The summed E-state index contributed by atoms with van der Waals surface area (Å²) in [6.07, 6.45) is 3.86. The maximum atomic E-state index is 10.3. The van der Waals surface area contributed by atoms with E-state index in [2.05, 4.69) is 0 Å². The van der Waals surface area contributed by atoms with E-state index < -0.39 is 12.1 Å². The van der Waals surface area contributed by atoms with Gasteiger partial charge in [0.25, 0.3) is 0 Å². The number of ether oxygens (including phenoxy) is 1. The maximum absolute atomic E-state index is 10.3. The number of nitrogens with two attached hydrogens (primary N) is 1. The van der Waals surface area contributed by atoms with E-state index in [0.29, 0.717) is 5.75 Å².